The van der Waals surface area contributed by atoms with Gasteiger partial charge in [0.2, 0.25) is 0 Å². The number of carbonyl (C=O) groups excluding carboxylic acids is 1. The average molecular weight is 283 g/mol. The highest BCUT2D eigenvalue weighted by molar-refractivity contribution is 5.99. The largest absolute Gasteiger partial charge is 0.506 e. The topological polar surface area (TPSA) is 68.5 Å². The summed E-state index contributed by atoms with van der Waals surface area (Å²) in [6.45, 7) is 3.35. The van der Waals surface area contributed by atoms with Gasteiger partial charge in [-0.15, -0.1) is 6.42 Å². The summed E-state index contributed by atoms with van der Waals surface area (Å²) in [5.74, 6) is 1.05. The highest BCUT2D eigenvalue weighted by Gasteiger charge is 2.22. The lowest BCUT2D eigenvalue weighted by molar-refractivity contribution is 0.0544. The van der Waals surface area contributed by atoms with E-state index in [9.17, 15) is 14.7 Å². The predicted molar refractivity (Wildman–Crippen MR) is 79.2 cm³/mol. The Bertz CT molecular complexity index is 811. The van der Waals surface area contributed by atoms with Crippen molar-refractivity contribution in [3.63, 3.8) is 0 Å². The lowest BCUT2D eigenvalue weighted by Crippen LogP contribution is -2.27. The van der Waals surface area contributed by atoms with Gasteiger partial charge < -0.3 is 9.84 Å². The van der Waals surface area contributed by atoms with Gasteiger partial charge in [-0.2, -0.15) is 0 Å². The molecule has 5 heteroatoms. The van der Waals surface area contributed by atoms with E-state index in [-0.39, 0.29) is 13.2 Å². The number of hydrogen-bond donors (Lipinski definition) is 1. The van der Waals surface area contributed by atoms with Crippen LogP contribution in [0.1, 0.15) is 10.4 Å². The maximum Gasteiger partial charge on any atom is 0.347 e. The number of carbonyl (C=O) groups is 1. The van der Waals surface area contributed by atoms with E-state index in [1.807, 2.05) is 0 Å². The minimum atomic E-state index is -0.908. The number of rotatable bonds is 4. The third kappa shape index (κ3) is 2.51. The van der Waals surface area contributed by atoms with E-state index in [2.05, 4.69) is 12.5 Å². The number of aromatic nitrogens is 1. The molecule has 0 radical (unpaired) electrons. The van der Waals surface area contributed by atoms with Crippen molar-refractivity contribution in [2.75, 3.05) is 6.61 Å². The molecule has 0 aliphatic rings. The first-order valence-corrected chi connectivity index (χ1v) is 6.17. The van der Waals surface area contributed by atoms with E-state index in [1.165, 1.54) is 10.6 Å². The van der Waals surface area contributed by atoms with Crippen LogP contribution in [0.25, 0.3) is 10.9 Å². The van der Waals surface area contributed by atoms with Gasteiger partial charge in [0.15, 0.2) is 5.56 Å². The summed E-state index contributed by atoms with van der Waals surface area (Å²) in [5, 5.41) is 10.6. The van der Waals surface area contributed by atoms with Crippen LogP contribution in [0.2, 0.25) is 0 Å². The number of ether oxygens (including phenoxy) is 1. The zero-order valence-corrected chi connectivity index (χ0v) is 11.2. The number of pyridine rings is 1. The van der Waals surface area contributed by atoms with Gasteiger partial charge in [-0.05, 0) is 12.1 Å². The summed E-state index contributed by atoms with van der Waals surface area (Å²) in [6.07, 6.45) is 6.63. The fourth-order valence-corrected chi connectivity index (χ4v) is 2.03. The first-order valence-electron chi connectivity index (χ1n) is 6.17. The maximum absolute atomic E-state index is 12.4. The van der Waals surface area contributed by atoms with E-state index in [1.54, 1.807) is 24.3 Å². The molecular formula is C16H13NO4. The number of aromatic hydroxyl groups is 1. The minimum Gasteiger partial charge on any atom is -0.506 e. The van der Waals surface area contributed by atoms with Crippen LogP contribution in [0.5, 0.6) is 5.75 Å². The lowest BCUT2D eigenvalue weighted by atomic mass is 10.1. The summed E-state index contributed by atoms with van der Waals surface area (Å²) in [7, 11) is 0. The van der Waals surface area contributed by atoms with Gasteiger partial charge in [0, 0.05) is 5.39 Å². The van der Waals surface area contributed by atoms with Crippen LogP contribution in [0, 0.1) is 12.3 Å². The molecule has 0 saturated heterocycles. The van der Waals surface area contributed by atoms with Gasteiger partial charge in [-0.3, -0.25) is 9.36 Å². The van der Waals surface area contributed by atoms with Crippen molar-refractivity contribution in [1.82, 2.24) is 4.57 Å². The second kappa shape index (κ2) is 5.97. The standard InChI is InChI=1S/C16H13NO4/c1-3-9-17-12-8-6-5-7-11(12)14(18)13(15(17)19)16(20)21-10-4-2/h1,4-8,18H,2,9-10H2. The second-order valence-corrected chi connectivity index (χ2v) is 4.22. The normalized spacial score (nSPS) is 10.0. The van der Waals surface area contributed by atoms with Gasteiger partial charge in [0.25, 0.3) is 5.56 Å². The Hall–Kier alpha value is -3.00. The van der Waals surface area contributed by atoms with Crippen molar-refractivity contribution in [2.24, 2.45) is 0 Å². The number of nitrogens with zero attached hydrogens (tertiary/aromatic N) is 1. The quantitative estimate of drug-likeness (QED) is 0.526. The fourth-order valence-electron chi connectivity index (χ4n) is 2.03. The zero-order valence-electron chi connectivity index (χ0n) is 11.2. The molecule has 1 aromatic carbocycles. The molecule has 1 N–H and O–H groups in total. The van der Waals surface area contributed by atoms with Crippen molar-refractivity contribution < 1.29 is 14.6 Å². The van der Waals surface area contributed by atoms with Crippen molar-refractivity contribution in [3.05, 3.63) is 52.8 Å². The monoisotopic (exact) mass is 283 g/mol. The van der Waals surface area contributed by atoms with Crippen LogP contribution >= 0.6 is 0 Å². The maximum atomic E-state index is 12.4. The SMILES string of the molecule is C#CCn1c(=O)c(C(=O)OCC=C)c(O)c2ccccc21. The Morgan fingerprint density at radius 1 is 1.48 bits per heavy atom. The van der Waals surface area contributed by atoms with Crippen molar-refractivity contribution in [1.29, 1.82) is 0 Å². The average Bonchev–Trinajstić information content (AvgIpc) is 2.49. The smallest absolute Gasteiger partial charge is 0.347 e. The van der Waals surface area contributed by atoms with E-state index < -0.39 is 22.8 Å². The molecule has 1 aromatic heterocycles. The zero-order chi connectivity index (χ0) is 15.4. The Morgan fingerprint density at radius 3 is 2.86 bits per heavy atom. The van der Waals surface area contributed by atoms with Crippen LogP contribution in [-0.4, -0.2) is 22.2 Å². The number of hydrogen-bond acceptors (Lipinski definition) is 4. The van der Waals surface area contributed by atoms with E-state index >= 15 is 0 Å². The molecule has 0 unspecified atom stereocenters. The number of terminal acetylenes is 1. The summed E-state index contributed by atoms with van der Waals surface area (Å²) in [6, 6.07) is 6.64. The second-order valence-electron chi connectivity index (χ2n) is 4.22. The van der Waals surface area contributed by atoms with Crippen molar-refractivity contribution in [2.45, 2.75) is 6.54 Å². The molecule has 0 spiro atoms. The molecule has 5 nitrogen and oxygen atoms in total. The molecular weight excluding hydrogens is 270 g/mol. The van der Waals surface area contributed by atoms with Crippen LogP contribution in [0.4, 0.5) is 0 Å². The number of esters is 1. The van der Waals surface area contributed by atoms with Gasteiger partial charge >= 0.3 is 5.97 Å². The van der Waals surface area contributed by atoms with Crippen LogP contribution in [-0.2, 0) is 11.3 Å². The summed E-state index contributed by atoms with van der Waals surface area (Å²) in [4.78, 5) is 24.3. The molecule has 0 atom stereocenters. The number of benzene rings is 1. The molecule has 0 aliphatic heterocycles. The van der Waals surface area contributed by atoms with Gasteiger partial charge in [0.05, 0.1) is 12.1 Å². The van der Waals surface area contributed by atoms with E-state index in [0.29, 0.717) is 10.9 Å². The summed E-state index contributed by atoms with van der Waals surface area (Å²) < 4.78 is 6.09. The molecule has 0 bridgehead atoms. The van der Waals surface area contributed by atoms with E-state index in [4.69, 9.17) is 11.2 Å². The molecule has 21 heavy (non-hydrogen) atoms. The first kappa shape index (κ1) is 14.4. The molecule has 106 valence electrons. The minimum absolute atomic E-state index is 0.0125. The highest BCUT2D eigenvalue weighted by atomic mass is 16.5. The van der Waals surface area contributed by atoms with Crippen LogP contribution < -0.4 is 5.56 Å². The van der Waals surface area contributed by atoms with Gasteiger partial charge in [0.1, 0.15) is 12.4 Å². The van der Waals surface area contributed by atoms with Gasteiger partial charge in [-0.25, -0.2) is 4.79 Å². The van der Waals surface area contributed by atoms with Gasteiger partial charge in [-0.1, -0.05) is 30.7 Å². The molecule has 2 rings (SSSR count). The Kier molecular flexibility index (Phi) is 4.10. The van der Waals surface area contributed by atoms with E-state index in [0.717, 1.165) is 0 Å². The molecule has 0 saturated carbocycles. The third-order valence-corrected chi connectivity index (χ3v) is 2.93. The molecule has 0 fully saturated rings. The summed E-state index contributed by atoms with van der Waals surface area (Å²) in [5.41, 5.74) is -0.651. The number of fused-ring (bicyclic) bond motifs is 1. The predicted octanol–water partition coefficient (Wildman–Crippen LogP) is 1.68. The fraction of sp³-hybridized carbons (Fsp3) is 0.125. The van der Waals surface area contributed by atoms with Crippen molar-refractivity contribution >= 4 is 16.9 Å². The summed E-state index contributed by atoms with van der Waals surface area (Å²) >= 11 is 0. The van der Waals surface area contributed by atoms with Crippen LogP contribution in [0.3, 0.4) is 0 Å². The third-order valence-electron chi connectivity index (χ3n) is 2.93. The highest BCUT2D eigenvalue weighted by Crippen LogP contribution is 2.26. The van der Waals surface area contributed by atoms with Crippen molar-refractivity contribution in [3.8, 4) is 18.1 Å². The lowest BCUT2D eigenvalue weighted by Gasteiger charge is -2.12. The first-order chi connectivity index (χ1) is 10.1. The molecule has 0 aliphatic carbocycles. The Labute approximate surface area is 121 Å². The Morgan fingerprint density at radius 2 is 2.19 bits per heavy atom. The molecule has 1 heterocycles. The number of para-hydroxylation sites is 1. The Balaban J connectivity index is 2.77. The molecule has 2 aromatic rings. The molecule has 0 amide bonds. The van der Waals surface area contributed by atoms with Crippen LogP contribution in [0.15, 0.2) is 41.7 Å².